The van der Waals surface area contributed by atoms with E-state index >= 15 is 0 Å². The van der Waals surface area contributed by atoms with Crippen molar-refractivity contribution in [2.24, 2.45) is 0 Å². The summed E-state index contributed by atoms with van der Waals surface area (Å²) in [5.74, 6) is -0.848. The van der Waals surface area contributed by atoms with Crippen LogP contribution in [-0.2, 0) is 12.7 Å². The summed E-state index contributed by atoms with van der Waals surface area (Å²) >= 11 is 0. The van der Waals surface area contributed by atoms with E-state index in [1.165, 1.54) is 6.92 Å². The van der Waals surface area contributed by atoms with Crippen molar-refractivity contribution in [1.29, 1.82) is 0 Å². The lowest BCUT2D eigenvalue weighted by molar-refractivity contribution is -0.157. The Labute approximate surface area is 96.8 Å². The summed E-state index contributed by atoms with van der Waals surface area (Å²) in [6, 6.07) is 0. The molecule has 0 bridgehead atoms. The molecule has 1 aliphatic heterocycles. The molecule has 1 saturated heterocycles. The Morgan fingerprint density at radius 2 is 2.00 bits per heavy atom. The Kier molecular flexibility index (Phi) is 3.39. The van der Waals surface area contributed by atoms with Crippen LogP contribution in [0.15, 0.2) is 4.42 Å². The number of aryl methyl sites for hydroxylation is 1. The minimum Gasteiger partial charge on any atom is -0.436 e. The van der Waals surface area contributed by atoms with Crippen LogP contribution in [0.25, 0.3) is 0 Å². The molecule has 2 heterocycles. The third kappa shape index (κ3) is 2.98. The van der Waals surface area contributed by atoms with Crippen LogP contribution in [0.5, 0.6) is 0 Å². The molecular weight excluding hydrogens is 235 g/mol. The number of rotatable bonds is 2. The summed E-state index contributed by atoms with van der Waals surface area (Å²) in [4.78, 5) is 5.46. The number of hydrogen-bond acceptors (Lipinski definition) is 4. The van der Waals surface area contributed by atoms with Crippen molar-refractivity contribution in [3.63, 3.8) is 0 Å². The number of nitrogens with zero attached hydrogens (tertiary/aromatic N) is 2. The first-order chi connectivity index (χ1) is 7.97. The molecule has 96 valence electrons. The second-order valence-electron chi connectivity index (χ2n) is 4.05. The highest BCUT2D eigenvalue weighted by molar-refractivity contribution is 5.09. The molecule has 0 radical (unpaired) electrons. The third-order valence-corrected chi connectivity index (χ3v) is 2.71. The summed E-state index contributed by atoms with van der Waals surface area (Å²) < 4.78 is 41.9. The van der Waals surface area contributed by atoms with Crippen molar-refractivity contribution in [3.8, 4) is 0 Å². The van der Waals surface area contributed by atoms with E-state index < -0.39 is 12.1 Å². The lowest BCUT2D eigenvalue weighted by Gasteiger charge is -2.26. The number of halogens is 3. The van der Waals surface area contributed by atoms with Gasteiger partial charge in [-0.1, -0.05) is 0 Å². The van der Waals surface area contributed by atoms with E-state index in [-0.39, 0.29) is 0 Å². The highest BCUT2D eigenvalue weighted by Gasteiger charge is 2.38. The molecule has 1 aromatic rings. The SMILES string of the molecule is Cc1nc(C(F)(F)F)oc1CN1CCNCC1. The number of aromatic nitrogens is 1. The van der Waals surface area contributed by atoms with Crippen LogP contribution < -0.4 is 5.32 Å². The first kappa shape index (κ1) is 12.4. The van der Waals surface area contributed by atoms with Crippen LogP contribution in [-0.4, -0.2) is 36.1 Å². The molecule has 1 N–H and O–H groups in total. The molecule has 0 atom stereocenters. The molecule has 1 fully saturated rings. The zero-order valence-corrected chi connectivity index (χ0v) is 9.47. The molecule has 7 heteroatoms. The van der Waals surface area contributed by atoms with Gasteiger partial charge in [0.1, 0.15) is 5.76 Å². The monoisotopic (exact) mass is 249 g/mol. The van der Waals surface area contributed by atoms with Gasteiger partial charge in [0.05, 0.1) is 12.2 Å². The van der Waals surface area contributed by atoms with Gasteiger partial charge in [0.15, 0.2) is 0 Å². The summed E-state index contributed by atoms with van der Waals surface area (Å²) in [5.41, 5.74) is 0.316. The van der Waals surface area contributed by atoms with E-state index in [2.05, 4.69) is 10.3 Å². The van der Waals surface area contributed by atoms with Crippen LogP contribution in [0.3, 0.4) is 0 Å². The van der Waals surface area contributed by atoms with Gasteiger partial charge >= 0.3 is 12.1 Å². The van der Waals surface area contributed by atoms with Crippen LogP contribution in [0.1, 0.15) is 17.3 Å². The fourth-order valence-corrected chi connectivity index (χ4v) is 1.77. The summed E-state index contributed by atoms with van der Waals surface area (Å²) in [6.45, 7) is 5.23. The number of piperazine rings is 1. The van der Waals surface area contributed by atoms with Crippen molar-refractivity contribution < 1.29 is 17.6 Å². The lowest BCUT2D eigenvalue weighted by atomic mass is 10.3. The van der Waals surface area contributed by atoms with Gasteiger partial charge in [0.2, 0.25) is 0 Å². The first-order valence-corrected chi connectivity index (χ1v) is 5.43. The highest BCUT2D eigenvalue weighted by atomic mass is 19.4. The van der Waals surface area contributed by atoms with E-state index in [1.54, 1.807) is 0 Å². The van der Waals surface area contributed by atoms with E-state index in [1.807, 2.05) is 4.90 Å². The summed E-state index contributed by atoms with van der Waals surface area (Å²) in [5, 5.41) is 3.18. The van der Waals surface area contributed by atoms with Gasteiger partial charge in [-0.2, -0.15) is 13.2 Å². The molecule has 1 aromatic heterocycles. The highest BCUT2D eigenvalue weighted by Crippen LogP contribution is 2.30. The van der Waals surface area contributed by atoms with Crippen LogP contribution >= 0.6 is 0 Å². The average Bonchev–Trinajstić information content (AvgIpc) is 2.62. The summed E-state index contributed by atoms with van der Waals surface area (Å²) in [7, 11) is 0. The van der Waals surface area contributed by atoms with E-state index in [0.717, 1.165) is 26.2 Å². The van der Waals surface area contributed by atoms with Crippen molar-refractivity contribution in [3.05, 3.63) is 17.3 Å². The van der Waals surface area contributed by atoms with Crippen LogP contribution in [0.2, 0.25) is 0 Å². The second-order valence-corrected chi connectivity index (χ2v) is 4.05. The largest absolute Gasteiger partial charge is 0.468 e. The second kappa shape index (κ2) is 4.66. The fourth-order valence-electron chi connectivity index (χ4n) is 1.77. The Bertz CT molecular complexity index is 383. The fraction of sp³-hybridized carbons (Fsp3) is 0.700. The van der Waals surface area contributed by atoms with Crippen LogP contribution in [0.4, 0.5) is 13.2 Å². The zero-order chi connectivity index (χ0) is 12.5. The van der Waals surface area contributed by atoms with Gasteiger partial charge in [-0.25, -0.2) is 4.98 Å². The predicted octanol–water partition coefficient (Wildman–Crippen LogP) is 1.41. The van der Waals surface area contributed by atoms with E-state index in [4.69, 9.17) is 4.42 Å². The number of hydrogen-bond donors (Lipinski definition) is 1. The molecule has 4 nitrogen and oxygen atoms in total. The molecule has 0 saturated carbocycles. The van der Waals surface area contributed by atoms with Gasteiger partial charge in [-0.05, 0) is 6.92 Å². The van der Waals surface area contributed by atoms with Crippen LogP contribution in [0, 0.1) is 6.92 Å². The normalized spacial score (nSPS) is 18.6. The average molecular weight is 249 g/mol. The maximum absolute atomic E-state index is 12.4. The molecule has 0 aliphatic carbocycles. The topological polar surface area (TPSA) is 41.3 Å². The molecule has 0 amide bonds. The van der Waals surface area contributed by atoms with Crippen molar-refractivity contribution in [1.82, 2.24) is 15.2 Å². The quantitative estimate of drug-likeness (QED) is 0.860. The number of oxazole rings is 1. The third-order valence-electron chi connectivity index (χ3n) is 2.71. The summed E-state index contributed by atoms with van der Waals surface area (Å²) in [6.07, 6.45) is -4.51. The van der Waals surface area contributed by atoms with Crippen molar-refractivity contribution in [2.45, 2.75) is 19.6 Å². The Morgan fingerprint density at radius 1 is 1.35 bits per heavy atom. The molecule has 1 aliphatic rings. The number of alkyl halides is 3. The van der Waals surface area contributed by atoms with Gasteiger partial charge < -0.3 is 9.73 Å². The molecule has 0 unspecified atom stereocenters. The predicted molar refractivity (Wildman–Crippen MR) is 54.4 cm³/mol. The van der Waals surface area contributed by atoms with Gasteiger partial charge in [-0.3, -0.25) is 4.90 Å². The smallest absolute Gasteiger partial charge is 0.436 e. The molecule has 0 aromatic carbocycles. The maximum Gasteiger partial charge on any atom is 0.468 e. The first-order valence-electron chi connectivity index (χ1n) is 5.43. The maximum atomic E-state index is 12.4. The Morgan fingerprint density at radius 3 is 2.53 bits per heavy atom. The standard InChI is InChI=1S/C10H14F3N3O/c1-7-8(6-16-4-2-14-3-5-16)17-9(15-7)10(11,12)13/h14H,2-6H2,1H3. The van der Waals surface area contributed by atoms with Gasteiger partial charge in [-0.15, -0.1) is 0 Å². The molecular formula is C10H14F3N3O. The Hall–Kier alpha value is -1.08. The Balaban J connectivity index is 2.07. The zero-order valence-electron chi connectivity index (χ0n) is 9.47. The van der Waals surface area contributed by atoms with Crippen molar-refractivity contribution >= 4 is 0 Å². The van der Waals surface area contributed by atoms with Gasteiger partial charge in [0, 0.05) is 26.2 Å². The van der Waals surface area contributed by atoms with E-state index in [0.29, 0.717) is 18.0 Å². The van der Waals surface area contributed by atoms with Gasteiger partial charge in [0.25, 0.3) is 0 Å². The van der Waals surface area contributed by atoms with E-state index in [9.17, 15) is 13.2 Å². The lowest BCUT2D eigenvalue weighted by Crippen LogP contribution is -2.42. The molecule has 17 heavy (non-hydrogen) atoms. The molecule has 2 rings (SSSR count). The number of nitrogens with one attached hydrogen (secondary N) is 1. The molecule has 0 spiro atoms. The van der Waals surface area contributed by atoms with Crippen molar-refractivity contribution in [2.75, 3.05) is 26.2 Å². The minimum absolute atomic E-state index is 0.305. The minimum atomic E-state index is -4.51.